The van der Waals surface area contributed by atoms with Gasteiger partial charge in [0.15, 0.2) is 0 Å². The van der Waals surface area contributed by atoms with E-state index in [4.69, 9.17) is 5.73 Å². The Morgan fingerprint density at radius 2 is 2.33 bits per heavy atom. The van der Waals surface area contributed by atoms with E-state index in [9.17, 15) is 4.79 Å². The van der Waals surface area contributed by atoms with Gasteiger partial charge in [-0.15, -0.1) is 0 Å². The number of carbonyl (C=O) groups excluding carboxylic acids is 1. The summed E-state index contributed by atoms with van der Waals surface area (Å²) < 4.78 is 5.53. The highest BCUT2D eigenvalue weighted by molar-refractivity contribution is 9.10. The minimum absolute atomic E-state index is 0.321. The molecular formula is C11H10BrNO2. The van der Waals surface area contributed by atoms with E-state index in [1.807, 2.05) is 6.07 Å². The topological polar surface area (TPSA) is 52.3 Å². The molecule has 0 spiro atoms. The summed E-state index contributed by atoms with van der Waals surface area (Å²) in [7, 11) is 0. The van der Waals surface area contributed by atoms with Crippen molar-refractivity contribution in [3.8, 4) is 11.8 Å². The fourth-order valence-corrected chi connectivity index (χ4v) is 1.28. The van der Waals surface area contributed by atoms with Crippen LogP contribution < -0.4 is 5.73 Å². The third kappa shape index (κ3) is 3.64. The predicted octanol–water partition coefficient (Wildman–Crippen LogP) is 1.95. The fraction of sp³-hybridized carbons (Fsp3) is 0.182. The highest BCUT2D eigenvalue weighted by Gasteiger charge is 1.97. The summed E-state index contributed by atoms with van der Waals surface area (Å²) in [5.74, 6) is 4.47. The Balaban J connectivity index is 2.88. The van der Waals surface area contributed by atoms with Crippen molar-refractivity contribution in [3.63, 3.8) is 0 Å². The van der Waals surface area contributed by atoms with Crippen LogP contribution in [0.25, 0.3) is 0 Å². The molecule has 0 aliphatic heterocycles. The standard InChI is InChI=1S/C11H10BrNO2/c1-2-15-11(14)6-3-8-7-9(12)4-5-10(8)13/h4-5,7H,2,13H2,1H3. The van der Waals surface area contributed by atoms with Gasteiger partial charge in [-0.2, -0.15) is 0 Å². The average Bonchev–Trinajstić information content (AvgIpc) is 2.20. The number of esters is 1. The molecule has 2 N–H and O–H groups in total. The predicted molar refractivity (Wildman–Crippen MR) is 62.1 cm³/mol. The van der Waals surface area contributed by atoms with Gasteiger partial charge in [0.25, 0.3) is 0 Å². The van der Waals surface area contributed by atoms with Crippen molar-refractivity contribution in [3.05, 3.63) is 28.2 Å². The van der Waals surface area contributed by atoms with Gasteiger partial charge >= 0.3 is 5.97 Å². The summed E-state index contributed by atoms with van der Waals surface area (Å²) in [6, 6.07) is 5.28. The molecule has 0 radical (unpaired) electrons. The zero-order valence-electron chi connectivity index (χ0n) is 8.21. The fourth-order valence-electron chi connectivity index (χ4n) is 0.922. The van der Waals surface area contributed by atoms with Crippen LogP contribution in [0.4, 0.5) is 5.69 Å². The average molecular weight is 268 g/mol. The number of hydrogen-bond acceptors (Lipinski definition) is 3. The second-order valence-corrected chi connectivity index (χ2v) is 3.62. The Hall–Kier alpha value is -1.47. The number of halogens is 1. The van der Waals surface area contributed by atoms with Gasteiger partial charge in [-0.3, -0.25) is 0 Å². The third-order valence-electron chi connectivity index (χ3n) is 1.59. The van der Waals surface area contributed by atoms with E-state index in [-0.39, 0.29) is 0 Å². The molecular weight excluding hydrogens is 258 g/mol. The first kappa shape index (κ1) is 11.6. The normalized spacial score (nSPS) is 8.93. The summed E-state index contributed by atoms with van der Waals surface area (Å²) in [5, 5.41) is 0. The first-order valence-corrected chi connectivity index (χ1v) is 5.16. The number of hydrogen-bond donors (Lipinski definition) is 1. The number of nitrogens with two attached hydrogens (primary N) is 1. The molecule has 0 atom stereocenters. The largest absolute Gasteiger partial charge is 0.456 e. The number of rotatable bonds is 1. The van der Waals surface area contributed by atoms with Crippen LogP contribution in [-0.4, -0.2) is 12.6 Å². The molecule has 78 valence electrons. The zero-order chi connectivity index (χ0) is 11.3. The van der Waals surface area contributed by atoms with Gasteiger partial charge in [0, 0.05) is 21.6 Å². The van der Waals surface area contributed by atoms with E-state index in [0.717, 1.165) is 4.47 Å². The smallest absolute Gasteiger partial charge is 0.384 e. The van der Waals surface area contributed by atoms with Crippen LogP contribution in [-0.2, 0) is 9.53 Å². The number of benzene rings is 1. The summed E-state index contributed by atoms with van der Waals surface area (Å²) in [6.45, 7) is 2.05. The van der Waals surface area contributed by atoms with Crippen LogP contribution in [0.15, 0.2) is 22.7 Å². The summed E-state index contributed by atoms with van der Waals surface area (Å²) in [6.07, 6.45) is 0. The lowest BCUT2D eigenvalue weighted by Gasteiger charge is -1.97. The molecule has 0 bridgehead atoms. The number of ether oxygens (including phenoxy) is 1. The molecule has 0 aromatic heterocycles. The summed E-state index contributed by atoms with van der Waals surface area (Å²) in [5.41, 5.74) is 6.82. The lowest BCUT2D eigenvalue weighted by Crippen LogP contribution is -2.00. The van der Waals surface area contributed by atoms with Crippen LogP contribution in [0.1, 0.15) is 12.5 Å². The first-order chi connectivity index (χ1) is 7.13. The Kier molecular flexibility index (Phi) is 4.19. The minimum Gasteiger partial charge on any atom is -0.456 e. The Bertz CT molecular complexity index is 432. The van der Waals surface area contributed by atoms with Gasteiger partial charge in [-0.25, -0.2) is 4.79 Å². The van der Waals surface area contributed by atoms with Gasteiger partial charge in [0.05, 0.1) is 6.61 Å². The molecule has 3 nitrogen and oxygen atoms in total. The number of anilines is 1. The van der Waals surface area contributed by atoms with E-state index in [1.165, 1.54) is 0 Å². The SMILES string of the molecule is CCOC(=O)C#Cc1cc(Br)ccc1N. The molecule has 0 saturated heterocycles. The molecule has 0 unspecified atom stereocenters. The van der Waals surface area contributed by atoms with Crippen LogP contribution in [0.3, 0.4) is 0 Å². The summed E-state index contributed by atoms with van der Waals surface area (Å²) >= 11 is 3.29. The van der Waals surface area contributed by atoms with Crippen molar-refractivity contribution in [2.45, 2.75) is 6.92 Å². The Labute approximate surface area is 96.7 Å². The van der Waals surface area contributed by atoms with Crippen LogP contribution in [0.5, 0.6) is 0 Å². The zero-order valence-corrected chi connectivity index (χ0v) is 9.80. The molecule has 15 heavy (non-hydrogen) atoms. The number of nitrogen functional groups attached to an aromatic ring is 1. The van der Waals surface area contributed by atoms with Gasteiger partial charge in [0.1, 0.15) is 0 Å². The van der Waals surface area contributed by atoms with Crippen molar-refractivity contribution < 1.29 is 9.53 Å². The number of carbonyl (C=O) groups is 1. The van der Waals surface area contributed by atoms with Crippen molar-refractivity contribution >= 4 is 27.6 Å². The van der Waals surface area contributed by atoms with E-state index in [2.05, 4.69) is 32.5 Å². The van der Waals surface area contributed by atoms with Gasteiger partial charge in [0.2, 0.25) is 0 Å². The van der Waals surface area contributed by atoms with E-state index in [1.54, 1.807) is 19.1 Å². The van der Waals surface area contributed by atoms with Crippen molar-refractivity contribution in [2.24, 2.45) is 0 Å². The minimum atomic E-state index is -0.545. The summed E-state index contributed by atoms with van der Waals surface area (Å²) in [4.78, 5) is 11.0. The molecule has 1 aromatic carbocycles. The van der Waals surface area contributed by atoms with Crippen LogP contribution in [0, 0.1) is 11.8 Å². The van der Waals surface area contributed by atoms with E-state index in [0.29, 0.717) is 17.9 Å². The molecule has 1 aromatic rings. The third-order valence-corrected chi connectivity index (χ3v) is 2.08. The second-order valence-electron chi connectivity index (χ2n) is 2.70. The maximum Gasteiger partial charge on any atom is 0.384 e. The van der Waals surface area contributed by atoms with E-state index >= 15 is 0 Å². The molecule has 0 amide bonds. The lowest BCUT2D eigenvalue weighted by molar-refractivity contribution is -0.136. The highest BCUT2D eigenvalue weighted by Crippen LogP contribution is 2.17. The highest BCUT2D eigenvalue weighted by atomic mass is 79.9. The molecule has 0 fully saturated rings. The molecule has 4 heteroatoms. The molecule has 0 aliphatic carbocycles. The maximum absolute atomic E-state index is 11.0. The molecule has 1 rings (SSSR count). The molecule has 0 heterocycles. The maximum atomic E-state index is 11.0. The van der Waals surface area contributed by atoms with Gasteiger partial charge in [-0.05, 0) is 25.1 Å². The van der Waals surface area contributed by atoms with E-state index < -0.39 is 5.97 Å². The lowest BCUT2D eigenvalue weighted by atomic mass is 10.2. The van der Waals surface area contributed by atoms with Gasteiger partial charge in [-0.1, -0.05) is 21.9 Å². The van der Waals surface area contributed by atoms with Crippen molar-refractivity contribution in [1.82, 2.24) is 0 Å². The Morgan fingerprint density at radius 1 is 1.60 bits per heavy atom. The van der Waals surface area contributed by atoms with Crippen LogP contribution >= 0.6 is 15.9 Å². The van der Waals surface area contributed by atoms with Crippen molar-refractivity contribution in [1.29, 1.82) is 0 Å². The van der Waals surface area contributed by atoms with Gasteiger partial charge < -0.3 is 10.5 Å². The first-order valence-electron chi connectivity index (χ1n) is 4.37. The van der Waals surface area contributed by atoms with Crippen molar-refractivity contribution in [2.75, 3.05) is 12.3 Å². The Morgan fingerprint density at radius 3 is 3.00 bits per heavy atom. The molecule has 0 aliphatic rings. The molecule has 0 saturated carbocycles. The quantitative estimate of drug-likeness (QED) is 0.481. The van der Waals surface area contributed by atoms with Crippen LogP contribution in [0.2, 0.25) is 0 Å². The monoisotopic (exact) mass is 267 g/mol. The second kappa shape index (κ2) is 5.42.